The molecule has 0 spiro atoms. The minimum absolute atomic E-state index is 0. The molecule has 2 aromatic carbocycles. The van der Waals surface area contributed by atoms with Gasteiger partial charge in [-0.2, -0.15) is 0 Å². The summed E-state index contributed by atoms with van der Waals surface area (Å²) in [7, 11) is 5.32. The van der Waals surface area contributed by atoms with E-state index in [9.17, 15) is 4.79 Å². The zero-order valence-corrected chi connectivity index (χ0v) is 21.0. The van der Waals surface area contributed by atoms with Crippen molar-refractivity contribution < 1.29 is 4.79 Å². The van der Waals surface area contributed by atoms with Crippen molar-refractivity contribution in [3.63, 3.8) is 0 Å². The number of rotatable bonds is 7. The van der Waals surface area contributed by atoms with Crippen molar-refractivity contribution in [2.75, 3.05) is 34.2 Å². The van der Waals surface area contributed by atoms with Crippen LogP contribution in [0.2, 0.25) is 0 Å². The maximum absolute atomic E-state index is 12.1. The van der Waals surface area contributed by atoms with Crippen LogP contribution in [0.1, 0.15) is 27.2 Å². The number of carbonyl (C=O) groups excluding carboxylic acids is 1. The predicted molar refractivity (Wildman–Crippen MR) is 140 cm³/mol. The number of aromatic amines is 1. The van der Waals surface area contributed by atoms with Crippen LogP contribution in [0.15, 0.2) is 53.5 Å². The van der Waals surface area contributed by atoms with Gasteiger partial charge in [-0.25, -0.2) is 0 Å². The summed E-state index contributed by atoms with van der Waals surface area (Å²) in [6.45, 7) is 3.66. The standard InChI is InChI=1S/C24H31N5O.HI/c1-17-20(21-10-5-6-11-22(21)28-17)13-15-27-24(25-2)26-14-12-18-8-7-9-19(16-18)23(30)29(3)4;/h5-11,16,28H,12-15H2,1-4H3,(H2,25,26,27);1H. The Labute approximate surface area is 201 Å². The van der Waals surface area contributed by atoms with E-state index in [-0.39, 0.29) is 29.9 Å². The summed E-state index contributed by atoms with van der Waals surface area (Å²) >= 11 is 0. The number of nitrogens with one attached hydrogen (secondary N) is 3. The largest absolute Gasteiger partial charge is 0.358 e. The van der Waals surface area contributed by atoms with Crippen LogP contribution in [0.4, 0.5) is 0 Å². The molecule has 1 amide bonds. The lowest BCUT2D eigenvalue weighted by Crippen LogP contribution is -2.39. The number of aliphatic imine (C=N–C) groups is 1. The third-order valence-corrected chi connectivity index (χ3v) is 5.20. The molecule has 3 rings (SSSR count). The fraction of sp³-hybridized carbons (Fsp3) is 0.333. The molecule has 1 heterocycles. The third-order valence-electron chi connectivity index (χ3n) is 5.20. The summed E-state index contributed by atoms with van der Waals surface area (Å²) in [6, 6.07) is 16.2. The Kier molecular flexibility index (Phi) is 9.36. The van der Waals surface area contributed by atoms with Crippen LogP contribution in [0.5, 0.6) is 0 Å². The number of hydrogen-bond acceptors (Lipinski definition) is 2. The minimum atomic E-state index is 0. The maximum atomic E-state index is 12.1. The van der Waals surface area contributed by atoms with E-state index in [0.717, 1.165) is 37.5 Å². The molecular weight excluding hydrogens is 501 g/mol. The van der Waals surface area contributed by atoms with E-state index in [1.807, 2.05) is 24.3 Å². The molecular formula is C24H32IN5O. The quantitative estimate of drug-likeness (QED) is 0.246. The first-order chi connectivity index (χ1) is 14.5. The van der Waals surface area contributed by atoms with Crippen molar-refractivity contribution in [1.82, 2.24) is 20.5 Å². The summed E-state index contributed by atoms with van der Waals surface area (Å²) in [5.74, 6) is 0.808. The van der Waals surface area contributed by atoms with Crippen LogP contribution in [0.25, 0.3) is 10.9 Å². The number of para-hydroxylation sites is 1. The van der Waals surface area contributed by atoms with Gasteiger partial charge in [0.25, 0.3) is 5.91 Å². The first-order valence-corrected chi connectivity index (χ1v) is 10.3. The Morgan fingerprint density at radius 2 is 1.74 bits per heavy atom. The molecule has 31 heavy (non-hydrogen) atoms. The summed E-state index contributed by atoms with van der Waals surface area (Å²) in [5.41, 5.74) is 5.58. The van der Waals surface area contributed by atoms with Crippen LogP contribution in [-0.4, -0.2) is 56.0 Å². The van der Waals surface area contributed by atoms with Crippen LogP contribution in [0, 0.1) is 6.92 Å². The van der Waals surface area contributed by atoms with E-state index < -0.39 is 0 Å². The van der Waals surface area contributed by atoms with E-state index >= 15 is 0 Å². The first-order valence-electron chi connectivity index (χ1n) is 10.3. The maximum Gasteiger partial charge on any atom is 0.253 e. The molecule has 0 atom stereocenters. The fourth-order valence-corrected chi connectivity index (χ4v) is 3.63. The van der Waals surface area contributed by atoms with E-state index in [1.54, 1.807) is 26.0 Å². The predicted octanol–water partition coefficient (Wildman–Crippen LogP) is 3.75. The topological polar surface area (TPSA) is 72.5 Å². The second kappa shape index (κ2) is 11.7. The Morgan fingerprint density at radius 3 is 2.45 bits per heavy atom. The molecule has 7 heteroatoms. The molecule has 0 unspecified atom stereocenters. The van der Waals surface area contributed by atoms with Gasteiger partial charge >= 0.3 is 0 Å². The van der Waals surface area contributed by atoms with Crippen molar-refractivity contribution in [2.45, 2.75) is 19.8 Å². The Balaban J connectivity index is 0.00000341. The van der Waals surface area contributed by atoms with Gasteiger partial charge in [0.15, 0.2) is 5.96 Å². The van der Waals surface area contributed by atoms with E-state index in [4.69, 9.17) is 0 Å². The highest BCUT2D eigenvalue weighted by Crippen LogP contribution is 2.21. The molecule has 1 aromatic heterocycles. The summed E-state index contributed by atoms with van der Waals surface area (Å²) in [6.07, 6.45) is 1.74. The normalized spacial score (nSPS) is 11.2. The monoisotopic (exact) mass is 533 g/mol. The molecule has 0 fully saturated rings. The molecule has 0 saturated heterocycles. The van der Waals surface area contributed by atoms with E-state index in [0.29, 0.717) is 5.56 Å². The molecule has 3 aromatic rings. The number of guanidine groups is 1. The molecule has 6 nitrogen and oxygen atoms in total. The van der Waals surface area contributed by atoms with Gasteiger partial charge in [-0.1, -0.05) is 30.3 Å². The number of hydrogen-bond donors (Lipinski definition) is 3. The highest BCUT2D eigenvalue weighted by atomic mass is 127. The van der Waals surface area contributed by atoms with Crippen LogP contribution in [0.3, 0.4) is 0 Å². The van der Waals surface area contributed by atoms with Gasteiger partial charge in [-0.15, -0.1) is 24.0 Å². The molecule has 0 aliphatic carbocycles. The Hall–Kier alpha value is -2.55. The minimum Gasteiger partial charge on any atom is -0.358 e. The van der Waals surface area contributed by atoms with Crippen LogP contribution in [-0.2, 0) is 12.8 Å². The van der Waals surface area contributed by atoms with Gasteiger partial charge in [0.05, 0.1) is 0 Å². The second-order valence-corrected chi connectivity index (χ2v) is 7.60. The first kappa shape index (κ1) is 24.7. The molecule has 0 aliphatic rings. The Bertz CT molecular complexity index is 1040. The SMILES string of the molecule is CN=C(NCCc1cccc(C(=O)N(C)C)c1)NCCc1c(C)[nH]c2ccccc12.I. The van der Waals surface area contributed by atoms with Gasteiger partial charge in [-0.05, 0) is 49.1 Å². The number of nitrogens with zero attached hydrogens (tertiary/aromatic N) is 2. The number of H-pyrrole nitrogens is 1. The molecule has 0 radical (unpaired) electrons. The average molecular weight is 533 g/mol. The van der Waals surface area contributed by atoms with Gasteiger partial charge in [-0.3, -0.25) is 9.79 Å². The highest BCUT2D eigenvalue weighted by Gasteiger charge is 2.09. The number of benzene rings is 2. The van der Waals surface area contributed by atoms with Crippen molar-refractivity contribution in [2.24, 2.45) is 4.99 Å². The van der Waals surface area contributed by atoms with Gasteiger partial charge < -0.3 is 20.5 Å². The van der Waals surface area contributed by atoms with E-state index in [1.165, 1.54) is 22.2 Å². The van der Waals surface area contributed by atoms with Crippen molar-refractivity contribution in [1.29, 1.82) is 0 Å². The lowest BCUT2D eigenvalue weighted by molar-refractivity contribution is 0.0827. The average Bonchev–Trinajstić information content (AvgIpc) is 3.07. The Morgan fingerprint density at radius 1 is 1.03 bits per heavy atom. The van der Waals surface area contributed by atoms with Crippen molar-refractivity contribution >= 4 is 46.7 Å². The van der Waals surface area contributed by atoms with Gasteiger partial charge in [0.1, 0.15) is 0 Å². The molecule has 0 saturated carbocycles. The smallest absolute Gasteiger partial charge is 0.253 e. The third kappa shape index (κ3) is 6.46. The summed E-state index contributed by atoms with van der Waals surface area (Å²) < 4.78 is 0. The van der Waals surface area contributed by atoms with Gasteiger partial charge in [0.2, 0.25) is 0 Å². The highest BCUT2D eigenvalue weighted by molar-refractivity contribution is 14.0. The van der Waals surface area contributed by atoms with Crippen molar-refractivity contribution in [3.8, 4) is 0 Å². The summed E-state index contributed by atoms with van der Waals surface area (Å²) in [5, 5.41) is 8.04. The number of aromatic nitrogens is 1. The zero-order valence-electron chi connectivity index (χ0n) is 18.7. The number of halogens is 1. The fourth-order valence-electron chi connectivity index (χ4n) is 3.63. The lowest BCUT2D eigenvalue weighted by Gasteiger charge is -2.13. The van der Waals surface area contributed by atoms with Crippen LogP contribution < -0.4 is 10.6 Å². The van der Waals surface area contributed by atoms with E-state index in [2.05, 4.69) is 51.8 Å². The van der Waals surface area contributed by atoms with Gasteiger partial charge in [0, 0.05) is 56.4 Å². The number of aryl methyl sites for hydroxylation is 1. The molecule has 3 N–H and O–H groups in total. The molecule has 0 aliphatic heterocycles. The second-order valence-electron chi connectivity index (χ2n) is 7.60. The molecule has 166 valence electrons. The zero-order chi connectivity index (χ0) is 21.5. The lowest BCUT2D eigenvalue weighted by atomic mass is 10.1. The summed E-state index contributed by atoms with van der Waals surface area (Å²) in [4.78, 5) is 21.5. The molecule has 0 bridgehead atoms. The van der Waals surface area contributed by atoms with Crippen LogP contribution >= 0.6 is 24.0 Å². The van der Waals surface area contributed by atoms with Crippen molar-refractivity contribution in [3.05, 3.63) is 70.9 Å². The number of carbonyl (C=O) groups is 1. The number of fused-ring (bicyclic) bond motifs is 1. The number of amides is 1.